The first-order chi connectivity index (χ1) is 9.38. The Kier molecular flexibility index (Phi) is 4.48. The third-order valence-electron chi connectivity index (χ3n) is 3.47. The van der Waals surface area contributed by atoms with Crippen LogP contribution in [-0.4, -0.2) is 0 Å². The Morgan fingerprint density at radius 3 is 2.20 bits per heavy atom. The van der Waals surface area contributed by atoms with Gasteiger partial charge in [-0.15, -0.1) is 0 Å². The van der Waals surface area contributed by atoms with Gasteiger partial charge in [0.2, 0.25) is 0 Å². The summed E-state index contributed by atoms with van der Waals surface area (Å²) in [7, 11) is 0. The van der Waals surface area contributed by atoms with Gasteiger partial charge in [0.15, 0.2) is 0 Å². The Bertz CT molecular complexity index is 614. The fraction of sp³-hybridized carbons (Fsp3) is 0.294. The first-order valence-corrected chi connectivity index (χ1v) is 7.47. The number of nitrogens with one attached hydrogen (secondary N) is 1. The van der Waals surface area contributed by atoms with Gasteiger partial charge in [-0.1, -0.05) is 33.6 Å². The second kappa shape index (κ2) is 5.96. The number of rotatable bonds is 3. The summed E-state index contributed by atoms with van der Waals surface area (Å²) >= 11 is 3.27. The van der Waals surface area contributed by atoms with Crippen LogP contribution in [0.2, 0.25) is 0 Å². The first-order valence-electron chi connectivity index (χ1n) is 6.68. The van der Waals surface area contributed by atoms with E-state index in [9.17, 15) is 4.39 Å². The van der Waals surface area contributed by atoms with Gasteiger partial charge in [0.1, 0.15) is 5.82 Å². The Balaban J connectivity index is 2.31. The van der Waals surface area contributed by atoms with E-state index in [4.69, 9.17) is 0 Å². The maximum absolute atomic E-state index is 13.9. The molecular weight excluding hydrogens is 317 g/mol. The molecule has 3 heteroatoms. The van der Waals surface area contributed by atoms with Crippen molar-refractivity contribution in [3.05, 3.63) is 62.9 Å². The zero-order chi connectivity index (χ0) is 14.9. The second-order valence-corrected chi connectivity index (χ2v) is 6.22. The van der Waals surface area contributed by atoms with Crippen molar-refractivity contribution in [3.8, 4) is 0 Å². The van der Waals surface area contributed by atoms with E-state index in [0.29, 0.717) is 5.69 Å². The van der Waals surface area contributed by atoms with Gasteiger partial charge < -0.3 is 5.32 Å². The Labute approximate surface area is 128 Å². The van der Waals surface area contributed by atoms with E-state index in [-0.39, 0.29) is 11.9 Å². The fourth-order valence-corrected chi connectivity index (χ4v) is 3.12. The van der Waals surface area contributed by atoms with Gasteiger partial charge in [-0.25, -0.2) is 4.39 Å². The predicted molar refractivity (Wildman–Crippen MR) is 86.8 cm³/mol. The van der Waals surface area contributed by atoms with E-state index in [2.05, 4.69) is 61.1 Å². The Morgan fingerprint density at radius 2 is 1.65 bits per heavy atom. The van der Waals surface area contributed by atoms with Crippen molar-refractivity contribution in [2.24, 2.45) is 0 Å². The highest BCUT2D eigenvalue weighted by molar-refractivity contribution is 9.10. The topological polar surface area (TPSA) is 12.0 Å². The van der Waals surface area contributed by atoms with Crippen molar-refractivity contribution in [3.63, 3.8) is 0 Å². The van der Waals surface area contributed by atoms with Crippen LogP contribution in [0, 0.1) is 26.6 Å². The molecule has 1 atom stereocenters. The normalized spacial score (nSPS) is 12.3. The van der Waals surface area contributed by atoms with Crippen LogP contribution in [0.1, 0.15) is 35.2 Å². The third-order valence-corrected chi connectivity index (χ3v) is 3.97. The van der Waals surface area contributed by atoms with Crippen LogP contribution in [0.5, 0.6) is 0 Å². The molecule has 2 aromatic carbocycles. The molecule has 0 aliphatic rings. The first kappa shape index (κ1) is 15.0. The summed E-state index contributed by atoms with van der Waals surface area (Å²) in [6.45, 7) is 8.36. The van der Waals surface area contributed by atoms with E-state index in [1.807, 2.05) is 6.07 Å². The molecule has 2 aromatic rings. The molecule has 0 saturated heterocycles. The highest BCUT2D eigenvalue weighted by atomic mass is 79.9. The zero-order valence-electron chi connectivity index (χ0n) is 12.2. The smallest absolute Gasteiger partial charge is 0.147 e. The van der Waals surface area contributed by atoms with Gasteiger partial charge in [0.25, 0.3) is 0 Å². The molecule has 0 heterocycles. The molecule has 0 aromatic heterocycles. The molecule has 0 aliphatic heterocycles. The highest BCUT2D eigenvalue weighted by Crippen LogP contribution is 2.28. The Morgan fingerprint density at radius 1 is 1.05 bits per heavy atom. The molecule has 0 spiro atoms. The van der Waals surface area contributed by atoms with E-state index >= 15 is 0 Å². The SMILES string of the molecule is Cc1cc(C)c(C(C)Nc2ccc(Br)cc2F)c(C)c1. The minimum atomic E-state index is -0.242. The number of hydrogen-bond donors (Lipinski definition) is 1. The number of hydrogen-bond acceptors (Lipinski definition) is 1. The third kappa shape index (κ3) is 3.21. The minimum Gasteiger partial charge on any atom is -0.376 e. The standard InChI is InChI=1S/C17H19BrFN/c1-10-7-11(2)17(12(3)8-10)13(4)20-16-6-5-14(18)9-15(16)19/h5-9,13,20H,1-4H3. The molecule has 0 fully saturated rings. The molecular formula is C17H19BrFN. The van der Waals surface area contributed by atoms with E-state index in [0.717, 1.165) is 4.47 Å². The number of halogens is 2. The van der Waals surface area contributed by atoms with Gasteiger partial charge in [0.05, 0.1) is 5.69 Å². The lowest BCUT2D eigenvalue weighted by atomic mass is 9.95. The lowest BCUT2D eigenvalue weighted by molar-refractivity contribution is 0.626. The summed E-state index contributed by atoms with van der Waals surface area (Å²) in [6, 6.07) is 9.47. The van der Waals surface area contributed by atoms with E-state index in [1.165, 1.54) is 28.3 Å². The maximum atomic E-state index is 13.9. The van der Waals surface area contributed by atoms with Crippen LogP contribution in [0.15, 0.2) is 34.8 Å². The molecule has 1 unspecified atom stereocenters. The molecule has 1 nitrogen and oxygen atoms in total. The molecule has 0 saturated carbocycles. The minimum absolute atomic E-state index is 0.0614. The number of benzene rings is 2. The molecule has 0 aliphatic carbocycles. The van der Waals surface area contributed by atoms with Crippen molar-refractivity contribution in [2.45, 2.75) is 33.7 Å². The van der Waals surface area contributed by atoms with Gasteiger partial charge in [-0.2, -0.15) is 0 Å². The number of aryl methyl sites for hydroxylation is 3. The second-order valence-electron chi connectivity index (χ2n) is 5.30. The van der Waals surface area contributed by atoms with Crippen LogP contribution in [-0.2, 0) is 0 Å². The summed E-state index contributed by atoms with van der Waals surface area (Å²) in [5, 5.41) is 3.26. The summed E-state index contributed by atoms with van der Waals surface area (Å²) < 4.78 is 14.6. The lowest BCUT2D eigenvalue weighted by Gasteiger charge is -2.21. The average molecular weight is 336 g/mol. The van der Waals surface area contributed by atoms with Crippen LogP contribution in [0.3, 0.4) is 0 Å². The average Bonchev–Trinajstić information content (AvgIpc) is 2.31. The maximum Gasteiger partial charge on any atom is 0.147 e. The monoisotopic (exact) mass is 335 g/mol. The van der Waals surface area contributed by atoms with Crippen LogP contribution in [0.25, 0.3) is 0 Å². The summed E-state index contributed by atoms with van der Waals surface area (Å²) in [6.07, 6.45) is 0. The van der Waals surface area contributed by atoms with E-state index < -0.39 is 0 Å². The predicted octanol–water partition coefficient (Wildman–Crippen LogP) is 5.69. The van der Waals surface area contributed by atoms with Gasteiger partial charge in [-0.05, 0) is 62.6 Å². The molecule has 0 radical (unpaired) electrons. The Hall–Kier alpha value is -1.35. The summed E-state index contributed by atoms with van der Waals surface area (Å²) in [4.78, 5) is 0. The molecule has 2 rings (SSSR count). The van der Waals surface area contributed by atoms with Crippen LogP contribution < -0.4 is 5.32 Å². The van der Waals surface area contributed by atoms with Crippen molar-refractivity contribution < 1.29 is 4.39 Å². The van der Waals surface area contributed by atoms with Crippen molar-refractivity contribution in [1.82, 2.24) is 0 Å². The van der Waals surface area contributed by atoms with Gasteiger partial charge in [0, 0.05) is 10.5 Å². The largest absolute Gasteiger partial charge is 0.376 e. The highest BCUT2D eigenvalue weighted by Gasteiger charge is 2.13. The molecule has 1 N–H and O–H groups in total. The van der Waals surface area contributed by atoms with Crippen LogP contribution in [0.4, 0.5) is 10.1 Å². The summed E-state index contributed by atoms with van der Waals surface area (Å²) in [5.74, 6) is -0.242. The molecule has 0 amide bonds. The zero-order valence-corrected chi connectivity index (χ0v) is 13.8. The van der Waals surface area contributed by atoms with E-state index in [1.54, 1.807) is 6.07 Å². The molecule has 20 heavy (non-hydrogen) atoms. The lowest BCUT2D eigenvalue weighted by Crippen LogP contribution is -2.11. The van der Waals surface area contributed by atoms with Crippen molar-refractivity contribution in [1.29, 1.82) is 0 Å². The van der Waals surface area contributed by atoms with Crippen molar-refractivity contribution in [2.75, 3.05) is 5.32 Å². The fourth-order valence-electron chi connectivity index (χ4n) is 2.79. The van der Waals surface area contributed by atoms with Gasteiger partial charge in [-0.3, -0.25) is 0 Å². The quantitative estimate of drug-likeness (QED) is 0.760. The summed E-state index contributed by atoms with van der Waals surface area (Å²) in [5.41, 5.74) is 5.49. The number of anilines is 1. The molecule has 0 bridgehead atoms. The van der Waals surface area contributed by atoms with Crippen molar-refractivity contribution >= 4 is 21.6 Å². The van der Waals surface area contributed by atoms with Crippen LogP contribution >= 0.6 is 15.9 Å². The van der Waals surface area contributed by atoms with Gasteiger partial charge >= 0.3 is 0 Å². The molecule has 106 valence electrons.